The molecule has 172 valence electrons. The van der Waals surface area contributed by atoms with Gasteiger partial charge in [0.1, 0.15) is 5.15 Å². The van der Waals surface area contributed by atoms with Crippen molar-refractivity contribution in [2.45, 2.75) is 76.5 Å². The maximum absolute atomic E-state index is 13.9. The van der Waals surface area contributed by atoms with E-state index in [-0.39, 0.29) is 18.0 Å². The third-order valence-electron chi connectivity index (χ3n) is 7.22. The maximum Gasteiger partial charge on any atom is 0.255 e. The molecule has 3 heterocycles. The lowest BCUT2D eigenvalue weighted by atomic mass is 9.89. The molecule has 0 bridgehead atoms. The molecule has 6 heteroatoms. The monoisotopic (exact) mass is 463 g/mol. The van der Waals surface area contributed by atoms with Crippen LogP contribution in [-0.4, -0.2) is 38.0 Å². The number of aliphatic hydroxyl groups is 1. The summed E-state index contributed by atoms with van der Waals surface area (Å²) in [5.41, 5.74) is 4.80. The van der Waals surface area contributed by atoms with Crippen molar-refractivity contribution in [3.8, 4) is 0 Å². The van der Waals surface area contributed by atoms with Gasteiger partial charge in [-0.25, -0.2) is 4.98 Å². The molecular weight excluding hydrogens is 434 g/mol. The molecule has 1 saturated carbocycles. The number of nitrogens with zero attached hydrogens (tertiary/aromatic N) is 3. The van der Waals surface area contributed by atoms with Crippen LogP contribution < -0.4 is 0 Å². The van der Waals surface area contributed by atoms with Gasteiger partial charge in [-0.3, -0.25) is 9.78 Å². The molecule has 5 rings (SSSR count). The Morgan fingerprint density at radius 2 is 2.03 bits per heavy atom. The number of fused-ring (bicyclic) bond motifs is 3. The number of aliphatic hydroxyl groups excluding tert-OH is 1. The normalized spacial score (nSPS) is 22.7. The number of carbonyl (C=O) groups is 1. The average Bonchev–Trinajstić information content (AvgIpc) is 3.11. The number of benzene rings is 1. The first-order valence-electron chi connectivity index (χ1n) is 12.1. The first kappa shape index (κ1) is 22.3. The molecule has 2 aromatic heterocycles. The molecule has 1 aromatic carbocycles. The van der Waals surface area contributed by atoms with Gasteiger partial charge in [0.05, 0.1) is 23.7 Å². The average molecular weight is 464 g/mol. The first-order chi connectivity index (χ1) is 16.1. The highest BCUT2D eigenvalue weighted by molar-refractivity contribution is 6.29. The number of aromatic nitrogens is 2. The topological polar surface area (TPSA) is 66.3 Å². The standard InChI is InChI=1S/C27H30ClN3O2/c1-2-3-8-22-25-20(27(33)31(22)21-9-4-5-10-23(21)32)15-18(19-7-6-13-29-26(19)25)14-17-11-12-24(28)30-16-17/h6-7,11-13,15-16,21-23,32H,2-5,8-10,14H2,1H3. The zero-order chi connectivity index (χ0) is 22.9. The van der Waals surface area contributed by atoms with E-state index in [9.17, 15) is 9.90 Å². The van der Waals surface area contributed by atoms with Gasteiger partial charge in [0.25, 0.3) is 5.91 Å². The fourth-order valence-electron chi connectivity index (χ4n) is 5.63. The van der Waals surface area contributed by atoms with Crippen LogP contribution in [0.1, 0.15) is 85.0 Å². The summed E-state index contributed by atoms with van der Waals surface area (Å²) in [6, 6.07) is 9.73. The Morgan fingerprint density at radius 3 is 2.79 bits per heavy atom. The highest BCUT2D eigenvalue weighted by Gasteiger charge is 2.44. The highest BCUT2D eigenvalue weighted by atomic mass is 35.5. The lowest BCUT2D eigenvalue weighted by Crippen LogP contribution is -2.47. The summed E-state index contributed by atoms with van der Waals surface area (Å²) in [4.78, 5) is 24.9. The predicted molar refractivity (Wildman–Crippen MR) is 130 cm³/mol. The number of halogens is 1. The molecule has 33 heavy (non-hydrogen) atoms. The molecule has 3 aromatic rings. The van der Waals surface area contributed by atoms with Gasteiger partial charge in [0.2, 0.25) is 0 Å². The Hall–Kier alpha value is -2.50. The van der Waals surface area contributed by atoms with Crippen molar-refractivity contribution in [3.05, 3.63) is 70.1 Å². The molecule has 1 N–H and O–H groups in total. The zero-order valence-corrected chi connectivity index (χ0v) is 19.8. The Balaban J connectivity index is 1.63. The fourth-order valence-corrected chi connectivity index (χ4v) is 5.74. The van der Waals surface area contributed by atoms with E-state index in [1.165, 1.54) is 0 Å². The van der Waals surface area contributed by atoms with Crippen molar-refractivity contribution in [3.63, 3.8) is 0 Å². The van der Waals surface area contributed by atoms with Crippen molar-refractivity contribution in [2.24, 2.45) is 0 Å². The predicted octanol–water partition coefficient (Wildman–Crippen LogP) is 5.86. The van der Waals surface area contributed by atoms with Crippen LogP contribution in [0.25, 0.3) is 10.9 Å². The molecule has 3 unspecified atom stereocenters. The molecule has 2 aliphatic rings. The second-order valence-electron chi connectivity index (χ2n) is 9.35. The van der Waals surface area contributed by atoms with Gasteiger partial charge in [-0.1, -0.05) is 56.3 Å². The van der Waals surface area contributed by atoms with Gasteiger partial charge in [0.15, 0.2) is 0 Å². The Kier molecular flexibility index (Phi) is 6.35. The van der Waals surface area contributed by atoms with Crippen molar-refractivity contribution >= 4 is 28.4 Å². The Bertz CT molecular complexity index is 1160. The SMILES string of the molecule is CCCCC1c2c(cc(Cc3ccc(Cl)nc3)c3cccnc23)C(=O)N1C1CCCCC1O. The fraction of sp³-hybridized carbons (Fsp3) is 0.444. The van der Waals surface area contributed by atoms with Crippen LogP contribution in [0.5, 0.6) is 0 Å². The van der Waals surface area contributed by atoms with Crippen LogP contribution in [0, 0.1) is 0 Å². The molecule has 3 atom stereocenters. The van der Waals surface area contributed by atoms with Gasteiger partial charge < -0.3 is 10.0 Å². The number of pyridine rings is 2. The molecule has 1 fully saturated rings. The summed E-state index contributed by atoms with van der Waals surface area (Å²) in [6.45, 7) is 2.18. The summed E-state index contributed by atoms with van der Waals surface area (Å²) < 4.78 is 0. The maximum atomic E-state index is 13.9. The molecule has 1 amide bonds. The third-order valence-corrected chi connectivity index (χ3v) is 7.44. The smallest absolute Gasteiger partial charge is 0.255 e. The molecular formula is C27H30ClN3O2. The number of hydrogen-bond donors (Lipinski definition) is 1. The second-order valence-corrected chi connectivity index (χ2v) is 9.74. The molecule has 0 radical (unpaired) electrons. The van der Waals surface area contributed by atoms with Gasteiger partial charge in [0, 0.05) is 28.9 Å². The van der Waals surface area contributed by atoms with E-state index in [4.69, 9.17) is 16.6 Å². The van der Waals surface area contributed by atoms with E-state index in [0.717, 1.165) is 78.1 Å². The van der Waals surface area contributed by atoms with Crippen LogP contribution in [0.3, 0.4) is 0 Å². The van der Waals surface area contributed by atoms with Crippen LogP contribution in [0.2, 0.25) is 5.15 Å². The summed E-state index contributed by atoms with van der Waals surface area (Å²) in [5.74, 6) is 0.0417. The lowest BCUT2D eigenvalue weighted by molar-refractivity contribution is 0.00571. The largest absolute Gasteiger partial charge is 0.391 e. The van der Waals surface area contributed by atoms with Gasteiger partial charge in [-0.2, -0.15) is 0 Å². The van der Waals surface area contributed by atoms with Gasteiger partial charge >= 0.3 is 0 Å². The minimum absolute atomic E-state index is 0.0335. The van der Waals surface area contributed by atoms with E-state index >= 15 is 0 Å². The molecule has 1 aliphatic carbocycles. The summed E-state index contributed by atoms with van der Waals surface area (Å²) in [6.07, 6.45) is 10.5. The van der Waals surface area contributed by atoms with E-state index in [2.05, 4.69) is 24.0 Å². The van der Waals surface area contributed by atoms with Crippen molar-refractivity contribution < 1.29 is 9.90 Å². The molecule has 0 spiro atoms. The van der Waals surface area contributed by atoms with Crippen molar-refractivity contribution in [1.82, 2.24) is 14.9 Å². The van der Waals surface area contributed by atoms with Crippen LogP contribution in [0.15, 0.2) is 42.7 Å². The molecule has 5 nitrogen and oxygen atoms in total. The number of amides is 1. The summed E-state index contributed by atoms with van der Waals surface area (Å²) in [5, 5.41) is 12.4. The number of carbonyl (C=O) groups excluding carboxylic acids is 1. The van der Waals surface area contributed by atoms with E-state index in [0.29, 0.717) is 11.6 Å². The highest BCUT2D eigenvalue weighted by Crippen LogP contribution is 2.45. The summed E-state index contributed by atoms with van der Waals surface area (Å²) >= 11 is 5.97. The number of unbranched alkanes of at least 4 members (excludes halogenated alkanes) is 1. The number of rotatable bonds is 6. The third kappa shape index (κ3) is 4.13. The minimum atomic E-state index is -0.458. The number of hydrogen-bond acceptors (Lipinski definition) is 4. The van der Waals surface area contributed by atoms with Crippen LogP contribution in [0.4, 0.5) is 0 Å². The quantitative estimate of drug-likeness (QED) is 0.464. The van der Waals surface area contributed by atoms with Gasteiger partial charge in [-0.15, -0.1) is 0 Å². The van der Waals surface area contributed by atoms with E-state index in [1.807, 2.05) is 23.2 Å². The summed E-state index contributed by atoms with van der Waals surface area (Å²) in [7, 11) is 0. The lowest BCUT2D eigenvalue weighted by Gasteiger charge is -2.39. The van der Waals surface area contributed by atoms with Crippen molar-refractivity contribution in [2.75, 3.05) is 0 Å². The molecule has 0 saturated heterocycles. The van der Waals surface area contributed by atoms with E-state index < -0.39 is 6.10 Å². The van der Waals surface area contributed by atoms with E-state index in [1.54, 1.807) is 12.3 Å². The first-order valence-corrected chi connectivity index (χ1v) is 12.5. The Morgan fingerprint density at radius 1 is 1.18 bits per heavy atom. The second kappa shape index (κ2) is 9.40. The molecule has 1 aliphatic heterocycles. The van der Waals surface area contributed by atoms with Crippen molar-refractivity contribution in [1.29, 1.82) is 0 Å². The zero-order valence-electron chi connectivity index (χ0n) is 19.0. The minimum Gasteiger partial charge on any atom is -0.391 e. The Labute approximate surface area is 199 Å². The van der Waals surface area contributed by atoms with Crippen LogP contribution >= 0.6 is 11.6 Å². The van der Waals surface area contributed by atoms with Gasteiger partial charge in [-0.05, 0) is 55.0 Å². The van der Waals surface area contributed by atoms with Crippen LogP contribution in [-0.2, 0) is 6.42 Å².